The topological polar surface area (TPSA) is 80.3 Å². The second-order valence-electron chi connectivity index (χ2n) is 7.02. The first-order valence-electron chi connectivity index (χ1n) is 9.70. The number of anilines is 1. The van der Waals surface area contributed by atoms with Crippen molar-refractivity contribution in [1.29, 1.82) is 0 Å². The summed E-state index contributed by atoms with van der Waals surface area (Å²) in [7, 11) is 0. The van der Waals surface area contributed by atoms with E-state index in [0.717, 1.165) is 23.1 Å². The third-order valence-electron chi connectivity index (χ3n) is 4.93. The number of aromatic nitrogens is 1. The fourth-order valence-electron chi connectivity index (χ4n) is 3.07. The van der Waals surface area contributed by atoms with Gasteiger partial charge in [-0.25, -0.2) is 4.98 Å². The summed E-state index contributed by atoms with van der Waals surface area (Å²) in [5, 5.41) is 5.75. The Bertz CT molecular complexity index is 1200. The number of rotatable bonds is 5. The SMILES string of the molecule is CC[C@H](C)c1ccc2oc(-c3cccc(NC(=S)NC(=O)c4ccco4)c3)nc2c1. The number of furan rings is 1. The third kappa shape index (κ3) is 4.26. The maximum Gasteiger partial charge on any atom is 0.293 e. The molecule has 0 unspecified atom stereocenters. The third-order valence-corrected chi connectivity index (χ3v) is 5.14. The number of oxazole rings is 1. The molecule has 0 bridgehead atoms. The van der Waals surface area contributed by atoms with E-state index in [0.29, 0.717) is 17.5 Å². The second-order valence-corrected chi connectivity index (χ2v) is 7.43. The van der Waals surface area contributed by atoms with Gasteiger partial charge in [0.15, 0.2) is 16.5 Å². The molecule has 6 nitrogen and oxygen atoms in total. The summed E-state index contributed by atoms with van der Waals surface area (Å²) in [6, 6.07) is 16.8. The number of hydrogen-bond donors (Lipinski definition) is 2. The molecule has 1 amide bonds. The lowest BCUT2D eigenvalue weighted by Crippen LogP contribution is -2.33. The van der Waals surface area contributed by atoms with Crippen molar-refractivity contribution < 1.29 is 13.6 Å². The number of carbonyl (C=O) groups is 1. The molecule has 0 aliphatic heterocycles. The van der Waals surface area contributed by atoms with Gasteiger partial charge in [-0.2, -0.15) is 0 Å². The van der Waals surface area contributed by atoms with E-state index < -0.39 is 5.91 Å². The normalized spacial score (nSPS) is 11.9. The monoisotopic (exact) mass is 419 g/mol. The van der Waals surface area contributed by atoms with Crippen LogP contribution in [0.2, 0.25) is 0 Å². The quantitative estimate of drug-likeness (QED) is 0.402. The summed E-state index contributed by atoms with van der Waals surface area (Å²) >= 11 is 5.22. The number of hydrogen-bond acceptors (Lipinski definition) is 5. The van der Waals surface area contributed by atoms with E-state index in [4.69, 9.17) is 21.1 Å². The summed E-state index contributed by atoms with van der Waals surface area (Å²) in [6.45, 7) is 4.37. The van der Waals surface area contributed by atoms with E-state index >= 15 is 0 Å². The first-order chi connectivity index (χ1) is 14.5. The number of carbonyl (C=O) groups excluding carboxylic acids is 1. The fraction of sp³-hybridized carbons (Fsp3) is 0.174. The average Bonchev–Trinajstić information content (AvgIpc) is 3.42. The molecular weight excluding hydrogens is 398 g/mol. The van der Waals surface area contributed by atoms with Crippen molar-refractivity contribution in [1.82, 2.24) is 10.3 Å². The highest BCUT2D eigenvalue weighted by atomic mass is 32.1. The molecule has 30 heavy (non-hydrogen) atoms. The fourth-order valence-corrected chi connectivity index (χ4v) is 3.29. The van der Waals surface area contributed by atoms with Gasteiger partial charge in [0, 0.05) is 11.3 Å². The molecule has 152 valence electrons. The molecule has 0 aliphatic rings. The van der Waals surface area contributed by atoms with Crippen molar-refractivity contribution in [2.75, 3.05) is 5.32 Å². The van der Waals surface area contributed by atoms with Crippen molar-refractivity contribution in [2.24, 2.45) is 0 Å². The van der Waals surface area contributed by atoms with Crippen LogP contribution < -0.4 is 10.6 Å². The molecule has 0 saturated heterocycles. The highest BCUT2D eigenvalue weighted by Gasteiger charge is 2.13. The lowest BCUT2D eigenvalue weighted by atomic mass is 9.98. The molecule has 0 fully saturated rings. The van der Waals surface area contributed by atoms with Crippen LogP contribution in [0.15, 0.2) is 69.7 Å². The minimum absolute atomic E-state index is 0.171. The van der Waals surface area contributed by atoms with E-state index in [1.807, 2.05) is 30.3 Å². The smallest absolute Gasteiger partial charge is 0.293 e. The van der Waals surface area contributed by atoms with Gasteiger partial charge >= 0.3 is 0 Å². The van der Waals surface area contributed by atoms with Gasteiger partial charge in [0.1, 0.15) is 5.52 Å². The van der Waals surface area contributed by atoms with Crippen LogP contribution >= 0.6 is 12.2 Å². The van der Waals surface area contributed by atoms with Crippen LogP contribution in [-0.4, -0.2) is 16.0 Å². The lowest BCUT2D eigenvalue weighted by Gasteiger charge is -2.09. The first-order valence-corrected chi connectivity index (χ1v) is 10.1. The molecule has 1 atom stereocenters. The van der Waals surface area contributed by atoms with Crippen LogP contribution in [0, 0.1) is 0 Å². The summed E-state index contributed by atoms with van der Waals surface area (Å²) in [4.78, 5) is 16.7. The van der Waals surface area contributed by atoms with Crippen LogP contribution in [0.4, 0.5) is 5.69 Å². The lowest BCUT2D eigenvalue weighted by molar-refractivity contribution is 0.0950. The van der Waals surface area contributed by atoms with Crippen LogP contribution in [0.3, 0.4) is 0 Å². The zero-order chi connectivity index (χ0) is 21.1. The zero-order valence-electron chi connectivity index (χ0n) is 16.6. The van der Waals surface area contributed by atoms with E-state index in [1.54, 1.807) is 12.1 Å². The van der Waals surface area contributed by atoms with Gasteiger partial charge < -0.3 is 14.2 Å². The van der Waals surface area contributed by atoms with E-state index in [2.05, 4.69) is 41.6 Å². The second kappa shape index (κ2) is 8.51. The summed E-state index contributed by atoms with van der Waals surface area (Å²) < 4.78 is 11.0. The van der Waals surface area contributed by atoms with E-state index in [1.165, 1.54) is 11.8 Å². The van der Waals surface area contributed by atoms with Crippen LogP contribution in [0.1, 0.15) is 42.3 Å². The molecule has 2 heterocycles. The summed E-state index contributed by atoms with van der Waals surface area (Å²) in [6.07, 6.45) is 2.50. The van der Waals surface area contributed by atoms with Gasteiger partial charge in [-0.1, -0.05) is 26.0 Å². The van der Waals surface area contributed by atoms with Crippen molar-refractivity contribution in [3.63, 3.8) is 0 Å². The molecule has 0 radical (unpaired) electrons. The molecule has 0 aliphatic carbocycles. The predicted molar refractivity (Wildman–Crippen MR) is 121 cm³/mol. The van der Waals surface area contributed by atoms with Gasteiger partial charge in [0.25, 0.3) is 5.91 Å². The van der Waals surface area contributed by atoms with Gasteiger partial charge in [-0.15, -0.1) is 0 Å². The molecule has 2 N–H and O–H groups in total. The van der Waals surface area contributed by atoms with Gasteiger partial charge in [-0.05, 0) is 72.6 Å². The molecule has 0 spiro atoms. The van der Waals surface area contributed by atoms with Crippen molar-refractivity contribution in [3.05, 3.63) is 72.2 Å². The summed E-state index contributed by atoms with van der Waals surface area (Å²) in [5.74, 6) is 0.779. The number of fused-ring (bicyclic) bond motifs is 1. The van der Waals surface area contributed by atoms with Crippen LogP contribution in [0.5, 0.6) is 0 Å². The number of amides is 1. The molecular formula is C23H21N3O3S. The highest BCUT2D eigenvalue weighted by Crippen LogP contribution is 2.29. The Hall–Kier alpha value is -3.45. The number of thiocarbonyl (C=S) groups is 1. The Morgan fingerprint density at radius 3 is 2.80 bits per heavy atom. The Morgan fingerprint density at radius 1 is 1.17 bits per heavy atom. The van der Waals surface area contributed by atoms with Gasteiger partial charge in [0.05, 0.1) is 6.26 Å². The number of nitrogens with one attached hydrogen (secondary N) is 2. The largest absolute Gasteiger partial charge is 0.459 e. The molecule has 7 heteroatoms. The Balaban J connectivity index is 1.51. The Kier molecular flexibility index (Phi) is 5.63. The van der Waals surface area contributed by atoms with Crippen LogP contribution in [-0.2, 0) is 0 Å². The van der Waals surface area contributed by atoms with Crippen molar-refractivity contribution >= 4 is 40.0 Å². The molecule has 0 saturated carbocycles. The molecule has 4 rings (SSSR count). The van der Waals surface area contributed by atoms with E-state index in [-0.39, 0.29) is 10.9 Å². The van der Waals surface area contributed by atoms with Crippen molar-refractivity contribution in [2.45, 2.75) is 26.2 Å². The minimum Gasteiger partial charge on any atom is -0.459 e. The number of nitrogens with zero attached hydrogens (tertiary/aromatic N) is 1. The van der Waals surface area contributed by atoms with Crippen LogP contribution in [0.25, 0.3) is 22.6 Å². The average molecular weight is 420 g/mol. The molecule has 2 aromatic heterocycles. The van der Waals surface area contributed by atoms with Crippen molar-refractivity contribution in [3.8, 4) is 11.5 Å². The first kappa shape index (κ1) is 19.8. The zero-order valence-corrected chi connectivity index (χ0v) is 17.5. The Morgan fingerprint density at radius 2 is 2.03 bits per heavy atom. The minimum atomic E-state index is -0.412. The molecule has 2 aromatic carbocycles. The standard InChI is InChI=1S/C23H21N3O3S/c1-3-14(2)15-9-10-19-18(13-15)25-22(29-19)16-6-4-7-17(12-16)24-23(30)26-21(27)20-8-5-11-28-20/h4-14H,3H2,1-2H3,(H2,24,26,27,30)/t14-/m0/s1. The van der Waals surface area contributed by atoms with E-state index in [9.17, 15) is 4.79 Å². The highest BCUT2D eigenvalue weighted by molar-refractivity contribution is 7.80. The van der Waals surface area contributed by atoms with Gasteiger partial charge in [0.2, 0.25) is 5.89 Å². The van der Waals surface area contributed by atoms with Gasteiger partial charge in [-0.3, -0.25) is 10.1 Å². The number of benzene rings is 2. The maximum absolute atomic E-state index is 12.0. The maximum atomic E-state index is 12.0. The predicted octanol–water partition coefficient (Wildman–Crippen LogP) is 5.73. The molecule has 4 aromatic rings. The Labute approximate surface area is 179 Å². The summed E-state index contributed by atoms with van der Waals surface area (Å²) in [5.41, 5.74) is 4.35.